The highest BCUT2D eigenvalue weighted by Gasteiger charge is 2.38. The van der Waals surface area contributed by atoms with Crippen LogP contribution < -0.4 is 3.71 Å². The van der Waals surface area contributed by atoms with Crippen LogP contribution >= 0.6 is 0 Å². The molecule has 3 aromatic rings. The maximum absolute atomic E-state index is 15.6. The highest BCUT2D eigenvalue weighted by molar-refractivity contribution is 8.10. The topological polar surface area (TPSA) is 114 Å². The number of ketones is 1. The highest BCUT2D eigenvalue weighted by atomic mass is 32.3. The van der Waals surface area contributed by atoms with E-state index in [-0.39, 0.29) is 28.2 Å². The monoisotopic (exact) mass is 529 g/mol. The number of aromatic nitrogens is 2. The predicted molar refractivity (Wildman–Crippen MR) is 125 cm³/mol. The Morgan fingerprint density at radius 1 is 0.943 bits per heavy atom. The maximum atomic E-state index is 15.6. The minimum Gasteiger partial charge on any atom is -0.288 e. The van der Waals surface area contributed by atoms with Crippen LogP contribution in [0.1, 0.15) is 49.0 Å². The number of rotatable bonds is 10. The first-order valence-electron chi connectivity index (χ1n) is 10.6. The number of unbranched alkanes of at least 4 members (excludes halogenated alkanes) is 1. The van der Waals surface area contributed by atoms with Crippen molar-refractivity contribution in [1.29, 1.82) is 0 Å². The third kappa shape index (κ3) is 5.30. The third-order valence-corrected chi connectivity index (χ3v) is 9.55. The number of hydrogen-bond acceptors (Lipinski definition) is 7. The fourth-order valence-corrected chi connectivity index (χ4v) is 7.61. The van der Waals surface area contributed by atoms with Crippen molar-refractivity contribution in [3.05, 3.63) is 65.4 Å². The lowest BCUT2D eigenvalue weighted by Gasteiger charge is -2.25. The SMILES string of the molecule is CCCCS(=O)(=O)N(c1cc(F)c(F)c(C(=O)c2ccc3ncncc3c2)c1F)S(=O)(=O)CCC. The molecule has 0 bridgehead atoms. The molecule has 0 aliphatic rings. The average Bonchev–Trinajstić information content (AvgIpc) is 2.80. The second-order valence-electron chi connectivity index (χ2n) is 7.69. The molecule has 3 rings (SSSR count). The van der Waals surface area contributed by atoms with Gasteiger partial charge in [0.15, 0.2) is 23.2 Å². The molecule has 0 spiro atoms. The molecule has 0 fully saturated rings. The number of anilines is 1. The Kier molecular flexibility index (Phi) is 7.80. The number of benzene rings is 2. The second-order valence-corrected chi connectivity index (χ2v) is 11.8. The number of carbonyl (C=O) groups is 1. The van der Waals surface area contributed by atoms with Crippen LogP contribution in [0.5, 0.6) is 0 Å². The molecule has 13 heteroatoms. The molecule has 0 N–H and O–H groups in total. The Morgan fingerprint density at radius 2 is 1.63 bits per heavy atom. The normalized spacial score (nSPS) is 12.1. The van der Waals surface area contributed by atoms with Gasteiger partial charge < -0.3 is 0 Å². The second kappa shape index (κ2) is 10.3. The van der Waals surface area contributed by atoms with Gasteiger partial charge in [-0.2, -0.15) is 3.71 Å². The van der Waals surface area contributed by atoms with E-state index in [0.29, 0.717) is 17.3 Å². The van der Waals surface area contributed by atoms with Crippen LogP contribution in [0.3, 0.4) is 0 Å². The van der Waals surface area contributed by atoms with Gasteiger partial charge in [-0.25, -0.2) is 40.0 Å². The lowest BCUT2D eigenvalue weighted by molar-refractivity contribution is 0.103. The molecule has 8 nitrogen and oxygen atoms in total. The molecular formula is C22H22F3N3O5S2. The zero-order chi connectivity index (χ0) is 26.0. The van der Waals surface area contributed by atoms with Crippen molar-refractivity contribution in [3.63, 3.8) is 0 Å². The summed E-state index contributed by atoms with van der Waals surface area (Å²) in [5, 5.41) is 0.352. The van der Waals surface area contributed by atoms with Gasteiger partial charge in [0.25, 0.3) is 0 Å². The van der Waals surface area contributed by atoms with Crippen LogP contribution in [0.4, 0.5) is 18.9 Å². The van der Waals surface area contributed by atoms with Crippen molar-refractivity contribution >= 4 is 42.4 Å². The smallest absolute Gasteiger partial charge is 0.248 e. The van der Waals surface area contributed by atoms with E-state index in [2.05, 4.69) is 9.97 Å². The third-order valence-electron chi connectivity index (χ3n) is 5.05. The van der Waals surface area contributed by atoms with Gasteiger partial charge in [-0.15, -0.1) is 0 Å². The van der Waals surface area contributed by atoms with Crippen LogP contribution in [-0.2, 0) is 20.0 Å². The lowest BCUT2D eigenvalue weighted by atomic mass is 10.00. The van der Waals surface area contributed by atoms with Gasteiger partial charge in [0.1, 0.15) is 12.0 Å². The zero-order valence-corrected chi connectivity index (χ0v) is 20.5. The molecule has 0 saturated carbocycles. The Labute approximate surface area is 200 Å². The first kappa shape index (κ1) is 26.5. The number of halogens is 3. The summed E-state index contributed by atoms with van der Waals surface area (Å²) >= 11 is 0. The number of fused-ring (bicyclic) bond motifs is 1. The van der Waals surface area contributed by atoms with Crippen LogP contribution in [-0.4, -0.2) is 44.1 Å². The quantitative estimate of drug-likeness (QED) is 0.289. The van der Waals surface area contributed by atoms with Crippen molar-refractivity contribution in [3.8, 4) is 0 Å². The number of carbonyl (C=O) groups excluding carboxylic acids is 1. The minimum absolute atomic E-state index is 0.0294. The Bertz CT molecular complexity index is 1500. The molecule has 1 aromatic heterocycles. The molecule has 0 amide bonds. The van der Waals surface area contributed by atoms with E-state index < -0.39 is 66.0 Å². The lowest BCUT2D eigenvalue weighted by Crippen LogP contribution is -2.41. The largest absolute Gasteiger partial charge is 0.288 e. The summed E-state index contributed by atoms with van der Waals surface area (Å²) in [6.45, 7) is 3.11. The van der Waals surface area contributed by atoms with Gasteiger partial charge in [-0.1, -0.05) is 20.3 Å². The molecule has 1 heterocycles. The van der Waals surface area contributed by atoms with Crippen LogP contribution in [0.25, 0.3) is 10.9 Å². The number of nitrogens with zero attached hydrogens (tertiary/aromatic N) is 3. The van der Waals surface area contributed by atoms with Gasteiger partial charge in [0, 0.05) is 23.2 Å². The standard InChI is InChI=1S/C22H22F3N3O5S2/c1-3-5-9-35(32,33)28(34(30,31)8-4-2)18-11-16(23)20(24)19(21(18)25)22(29)14-6-7-17-15(10-14)12-26-13-27-17/h6-7,10-13H,3-5,8-9H2,1-2H3. The van der Waals surface area contributed by atoms with E-state index in [1.165, 1.54) is 37.6 Å². The zero-order valence-electron chi connectivity index (χ0n) is 18.8. The van der Waals surface area contributed by atoms with Gasteiger partial charge >= 0.3 is 0 Å². The minimum atomic E-state index is -4.72. The number of sulfonamides is 2. The van der Waals surface area contributed by atoms with Gasteiger partial charge in [-0.05, 0) is 31.0 Å². The van der Waals surface area contributed by atoms with E-state index in [1.807, 2.05) is 0 Å². The molecule has 0 radical (unpaired) electrons. The Balaban J connectivity index is 2.26. The first-order valence-corrected chi connectivity index (χ1v) is 13.8. The summed E-state index contributed by atoms with van der Waals surface area (Å²) in [4.78, 5) is 20.8. The molecule has 0 atom stereocenters. The maximum Gasteiger partial charge on any atom is 0.248 e. The fourth-order valence-electron chi connectivity index (χ4n) is 3.42. The van der Waals surface area contributed by atoms with Crippen LogP contribution in [0.2, 0.25) is 0 Å². The molecule has 0 unspecified atom stereocenters. The van der Waals surface area contributed by atoms with Crippen molar-refractivity contribution in [1.82, 2.24) is 9.97 Å². The van der Waals surface area contributed by atoms with E-state index >= 15 is 4.39 Å². The van der Waals surface area contributed by atoms with E-state index in [1.54, 1.807) is 6.92 Å². The van der Waals surface area contributed by atoms with Crippen molar-refractivity contribution in [2.24, 2.45) is 0 Å². The molecule has 0 saturated heterocycles. The molecule has 0 aliphatic carbocycles. The summed E-state index contributed by atoms with van der Waals surface area (Å²) < 4.78 is 96.3. The average molecular weight is 530 g/mol. The van der Waals surface area contributed by atoms with Crippen molar-refractivity contribution in [2.75, 3.05) is 15.2 Å². The fraction of sp³-hybridized carbons (Fsp3) is 0.318. The highest BCUT2D eigenvalue weighted by Crippen LogP contribution is 2.33. The molecule has 0 aliphatic heterocycles. The number of hydrogen-bond donors (Lipinski definition) is 0. The summed E-state index contributed by atoms with van der Waals surface area (Å²) in [5.74, 6) is -8.16. The predicted octanol–water partition coefficient (Wildman–Crippen LogP) is 3.95. The first-order chi connectivity index (χ1) is 16.4. The summed E-state index contributed by atoms with van der Waals surface area (Å²) in [7, 11) is -9.43. The van der Waals surface area contributed by atoms with Crippen molar-refractivity contribution < 1.29 is 34.8 Å². The van der Waals surface area contributed by atoms with E-state index in [4.69, 9.17) is 0 Å². The van der Waals surface area contributed by atoms with Gasteiger partial charge in [0.2, 0.25) is 20.0 Å². The summed E-state index contributed by atoms with van der Waals surface area (Å²) in [6, 6.07) is 3.94. The molecule has 35 heavy (non-hydrogen) atoms. The van der Waals surface area contributed by atoms with Gasteiger partial charge in [0.05, 0.1) is 22.6 Å². The molecular weight excluding hydrogens is 507 g/mol. The van der Waals surface area contributed by atoms with Crippen molar-refractivity contribution in [2.45, 2.75) is 33.1 Å². The van der Waals surface area contributed by atoms with Crippen LogP contribution in [0.15, 0.2) is 36.8 Å². The summed E-state index contributed by atoms with van der Waals surface area (Å²) in [5.41, 5.74) is -2.53. The van der Waals surface area contributed by atoms with Gasteiger partial charge in [-0.3, -0.25) is 4.79 Å². The molecule has 2 aromatic carbocycles. The summed E-state index contributed by atoms with van der Waals surface area (Å²) in [6.07, 6.45) is 2.99. The Morgan fingerprint density at radius 3 is 2.29 bits per heavy atom. The molecule has 188 valence electrons. The van der Waals surface area contributed by atoms with Crippen LogP contribution in [0, 0.1) is 17.5 Å². The Hall–Kier alpha value is -3.06. The van der Waals surface area contributed by atoms with E-state index in [9.17, 15) is 30.4 Å². The van der Waals surface area contributed by atoms with E-state index in [0.717, 1.165) is 0 Å².